The second-order valence-corrected chi connectivity index (χ2v) is 11.4. The lowest BCUT2D eigenvalue weighted by molar-refractivity contribution is 0.0449. The Balaban J connectivity index is 2.69. The summed E-state index contributed by atoms with van der Waals surface area (Å²) in [6.07, 6.45) is 14.6. The van der Waals surface area contributed by atoms with Crippen LogP contribution in [0.5, 0.6) is 0 Å². The van der Waals surface area contributed by atoms with E-state index in [1.165, 1.54) is 38.5 Å². The minimum Gasteiger partial charge on any atom is -0.478 e. The molecule has 0 bridgehead atoms. The maximum atomic E-state index is 12.8. The quantitative estimate of drug-likeness (QED) is 0.107. The monoisotopic (exact) mass is 562 g/mol. The van der Waals surface area contributed by atoms with Crippen LogP contribution in [0.15, 0.2) is 12.1 Å². The van der Waals surface area contributed by atoms with Gasteiger partial charge in [0.05, 0.1) is 35.5 Å². The van der Waals surface area contributed by atoms with Crippen molar-refractivity contribution in [2.24, 2.45) is 11.8 Å². The van der Waals surface area contributed by atoms with Crippen molar-refractivity contribution >= 4 is 23.9 Å². The summed E-state index contributed by atoms with van der Waals surface area (Å²) in [5.41, 5.74) is -1.78. The van der Waals surface area contributed by atoms with Crippen LogP contribution in [-0.2, 0) is 9.47 Å². The smallest absolute Gasteiger partial charge is 0.339 e. The number of carboxylic acids is 2. The van der Waals surface area contributed by atoms with E-state index in [0.29, 0.717) is 24.7 Å². The van der Waals surface area contributed by atoms with Crippen LogP contribution in [0.2, 0.25) is 0 Å². The second kappa shape index (κ2) is 20.0. The Kier molecular flexibility index (Phi) is 17.6. The maximum absolute atomic E-state index is 12.8. The summed E-state index contributed by atoms with van der Waals surface area (Å²) in [7, 11) is 0. The fraction of sp³-hybridized carbons (Fsp3) is 0.688. The van der Waals surface area contributed by atoms with Crippen molar-refractivity contribution in [3.05, 3.63) is 34.4 Å². The van der Waals surface area contributed by atoms with Crippen molar-refractivity contribution in [2.75, 3.05) is 13.2 Å². The zero-order chi connectivity index (χ0) is 29.9. The third-order valence-electron chi connectivity index (χ3n) is 6.88. The van der Waals surface area contributed by atoms with Gasteiger partial charge in [0.25, 0.3) is 0 Å². The topological polar surface area (TPSA) is 127 Å². The zero-order valence-corrected chi connectivity index (χ0v) is 25.0. The fourth-order valence-electron chi connectivity index (χ4n) is 4.50. The van der Waals surface area contributed by atoms with Crippen LogP contribution < -0.4 is 0 Å². The van der Waals surface area contributed by atoms with Crippen LogP contribution >= 0.6 is 0 Å². The number of carbonyl (C=O) groups is 4. The highest BCUT2D eigenvalue weighted by atomic mass is 16.5. The predicted molar refractivity (Wildman–Crippen MR) is 155 cm³/mol. The highest BCUT2D eigenvalue weighted by Gasteiger charge is 2.27. The molecule has 2 N–H and O–H groups in total. The lowest BCUT2D eigenvalue weighted by Gasteiger charge is -2.13. The molecule has 1 aromatic carbocycles. The maximum Gasteiger partial charge on any atom is 0.339 e. The van der Waals surface area contributed by atoms with Crippen LogP contribution in [0.4, 0.5) is 0 Å². The first-order valence-electron chi connectivity index (χ1n) is 15.0. The number of unbranched alkanes of at least 4 members (excludes halogenated alkanes) is 10. The van der Waals surface area contributed by atoms with E-state index in [1.54, 1.807) is 0 Å². The van der Waals surface area contributed by atoms with Gasteiger partial charge in [0.15, 0.2) is 0 Å². The molecule has 0 spiro atoms. The molecule has 0 fully saturated rings. The average molecular weight is 563 g/mol. The minimum atomic E-state index is -1.52. The van der Waals surface area contributed by atoms with Crippen molar-refractivity contribution in [1.29, 1.82) is 0 Å². The lowest BCUT2D eigenvalue weighted by atomic mass is 9.98. The van der Waals surface area contributed by atoms with E-state index in [9.17, 15) is 29.4 Å². The van der Waals surface area contributed by atoms with E-state index >= 15 is 0 Å². The zero-order valence-electron chi connectivity index (χ0n) is 25.0. The summed E-state index contributed by atoms with van der Waals surface area (Å²) in [5, 5.41) is 19.0. The predicted octanol–water partition coefficient (Wildman–Crippen LogP) is 8.17. The van der Waals surface area contributed by atoms with Gasteiger partial charge in [0, 0.05) is 0 Å². The highest BCUT2D eigenvalue weighted by molar-refractivity contribution is 6.09. The molecule has 0 atom stereocenters. The molecule has 0 saturated carbocycles. The first-order valence-corrected chi connectivity index (χ1v) is 15.0. The van der Waals surface area contributed by atoms with Crippen molar-refractivity contribution in [3.63, 3.8) is 0 Å². The Labute approximate surface area is 239 Å². The summed E-state index contributed by atoms with van der Waals surface area (Å²) >= 11 is 0. The van der Waals surface area contributed by atoms with E-state index in [2.05, 4.69) is 27.7 Å². The normalized spacial score (nSPS) is 11.2. The molecular weight excluding hydrogens is 512 g/mol. The van der Waals surface area contributed by atoms with Crippen LogP contribution in [0.1, 0.15) is 159 Å². The molecule has 1 aromatic rings. The number of ether oxygens (including phenoxy) is 2. The van der Waals surface area contributed by atoms with Crippen molar-refractivity contribution in [2.45, 2.75) is 118 Å². The van der Waals surface area contributed by atoms with Gasteiger partial charge in [-0.1, -0.05) is 105 Å². The number of hydrogen-bond acceptors (Lipinski definition) is 6. The van der Waals surface area contributed by atoms with Crippen LogP contribution in [0, 0.1) is 11.8 Å². The Hall–Kier alpha value is -2.90. The molecule has 0 heterocycles. The summed E-state index contributed by atoms with van der Waals surface area (Å²) in [6.45, 7) is 9.10. The van der Waals surface area contributed by atoms with E-state index in [4.69, 9.17) is 9.47 Å². The Morgan fingerprint density at radius 3 is 1.12 bits per heavy atom. The Morgan fingerprint density at radius 1 is 0.525 bits per heavy atom. The van der Waals surface area contributed by atoms with E-state index in [1.807, 2.05) is 0 Å². The molecule has 0 saturated heterocycles. The van der Waals surface area contributed by atoms with Gasteiger partial charge in [-0.3, -0.25) is 0 Å². The molecule has 0 aliphatic rings. The third-order valence-corrected chi connectivity index (χ3v) is 6.88. The minimum absolute atomic E-state index is 0.125. The van der Waals surface area contributed by atoms with Gasteiger partial charge in [-0.25, -0.2) is 19.2 Å². The van der Waals surface area contributed by atoms with Gasteiger partial charge < -0.3 is 19.7 Å². The summed E-state index contributed by atoms with van der Waals surface area (Å²) < 4.78 is 10.7. The number of esters is 2. The van der Waals surface area contributed by atoms with Gasteiger partial charge in [-0.2, -0.15) is 0 Å². The average Bonchev–Trinajstić information content (AvgIpc) is 2.89. The summed E-state index contributed by atoms with van der Waals surface area (Å²) in [6, 6.07) is 1.80. The fourth-order valence-corrected chi connectivity index (χ4v) is 4.50. The number of carboxylic acid groups (broad SMARTS) is 2. The standard InChI is InChI=1S/C32H50O8/c1-23(2)17-13-9-5-7-11-15-19-39-31(37)27-21-25(29(33)34)26(30(35)36)22-28(27)32(38)40-20-16-12-8-6-10-14-18-24(3)4/h21-24H,5-20H2,1-4H3,(H,33,34)(H,35,36). The van der Waals surface area contributed by atoms with Crippen LogP contribution in [0.25, 0.3) is 0 Å². The van der Waals surface area contributed by atoms with Crippen LogP contribution in [-0.4, -0.2) is 47.3 Å². The molecule has 0 aliphatic heterocycles. The van der Waals surface area contributed by atoms with Gasteiger partial charge in [0.1, 0.15) is 0 Å². The molecule has 40 heavy (non-hydrogen) atoms. The highest BCUT2D eigenvalue weighted by Crippen LogP contribution is 2.21. The SMILES string of the molecule is CC(C)CCCCCCCCOC(=O)c1cc(C(=O)O)c(C(=O)O)cc1C(=O)OCCCCCCCCC(C)C. The number of benzene rings is 1. The van der Waals surface area contributed by atoms with Crippen LogP contribution in [0.3, 0.4) is 0 Å². The molecule has 0 amide bonds. The Bertz CT molecular complexity index is 860. The third kappa shape index (κ3) is 14.5. The molecule has 0 aliphatic carbocycles. The summed E-state index contributed by atoms with van der Waals surface area (Å²) in [4.78, 5) is 49.0. The molecule has 0 aromatic heterocycles. The number of hydrogen-bond donors (Lipinski definition) is 2. The number of carbonyl (C=O) groups excluding carboxylic acids is 2. The number of aromatic carboxylic acids is 2. The van der Waals surface area contributed by atoms with Crippen molar-refractivity contribution in [3.8, 4) is 0 Å². The van der Waals surface area contributed by atoms with E-state index in [-0.39, 0.29) is 24.3 Å². The molecule has 0 radical (unpaired) electrons. The molecule has 8 heteroatoms. The first-order chi connectivity index (χ1) is 19.0. The van der Waals surface area contributed by atoms with Gasteiger partial charge in [-0.15, -0.1) is 0 Å². The largest absolute Gasteiger partial charge is 0.478 e. The Morgan fingerprint density at radius 2 is 0.825 bits per heavy atom. The van der Waals surface area contributed by atoms with Gasteiger partial charge in [0.2, 0.25) is 0 Å². The lowest BCUT2D eigenvalue weighted by Crippen LogP contribution is -2.19. The van der Waals surface area contributed by atoms with E-state index < -0.39 is 35.0 Å². The first kappa shape index (κ1) is 35.1. The van der Waals surface area contributed by atoms with Crippen molar-refractivity contribution < 1.29 is 38.9 Å². The van der Waals surface area contributed by atoms with E-state index in [0.717, 1.165) is 50.7 Å². The second-order valence-electron chi connectivity index (χ2n) is 11.4. The van der Waals surface area contributed by atoms with Gasteiger partial charge >= 0.3 is 23.9 Å². The van der Waals surface area contributed by atoms with Crippen molar-refractivity contribution in [1.82, 2.24) is 0 Å². The summed E-state index contributed by atoms with van der Waals surface area (Å²) in [5.74, 6) is -3.35. The molecular formula is C32H50O8. The molecule has 8 nitrogen and oxygen atoms in total. The molecule has 1 rings (SSSR count). The molecule has 0 unspecified atom stereocenters. The number of rotatable bonds is 22. The molecule has 226 valence electrons. The van der Waals surface area contributed by atoms with Gasteiger partial charge in [-0.05, 0) is 36.8 Å².